The molecule has 130 valence electrons. The molecule has 1 heterocycles. The molecule has 1 amide bonds. The molecule has 25 heavy (non-hydrogen) atoms. The van der Waals surface area contributed by atoms with Gasteiger partial charge in [-0.3, -0.25) is 14.9 Å². The zero-order valence-corrected chi connectivity index (χ0v) is 14.6. The predicted molar refractivity (Wildman–Crippen MR) is 99.6 cm³/mol. The number of thiophene rings is 1. The van der Waals surface area contributed by atoms with Crippen LogP contribution < -0.4 is 5.32 Å². The number of carbonyl (C=O) groups excluding carboxylic acids is 1. The summed E-state index contributed by atoms with van der Waals surface area (Å²) >= 11 is 1.70. The van der Waals surface area contributed by atoms with Crippen LogP contribution in [0.25, 0.3) is 6.08 Å². The first-order valence-electron chi connectivity index (χ1n) is 8.32. The fraction of sp³-hybridized carbons (Fsp3) is 0.316. The second-order valence-electron chi connectivity index (χ2n) is 6.40. The molecule has 3 rings (SSSR count). The van der Waals surface area contributed by atoms with Crippen molar-refractivity contribution in [1.29, 1.82) is 0 Å². The lowest BCUT2D eigenvalue weighted by Crippen LogP contribution is -2.38. The number of hydrogen-bond acceptors (Lipinski definition) is 4. The van der Waals surface area contributed by atoms with Crippen molar-refractivity contribution < 1.29 is 9.72 Å². The molecule has 1 N–H and O–H groups in total. The van der Waals surface area contributed by atoms with E-state index in [1.807, 2.05) is 0 Å². The molecule has 0 atom stereocenters. The fourth-order valence-corrected chi connectivity index (χ4v) is 4.16. The van der Waals surface area contributed by atoms with E-state index in [4.69, 9.17) is 0 Å². The molecule has 0 radical (unpaired) electrons. The number of carbonyl (C=O) groups is 1. The van der Waals surface area contributed by atoms with Gasteiger partial charge in [0.05, 0.1) is 4.92 Å². The molecule has 5 nitrogen and oxygen atoms in total. The Morgan fingerprint density at radius 3 is 2.56 bits per heavy atom. The van der Waals surface area contributed by atoms with E-state index >= 15 is 0 Å². The van der Waals surface area contributed by atoms with E-state index in [1.165, 1.54) is 36.6 Å². The van der Waals surface area contributed by atoms with Crippen molar-refractivity contribution in [2.24, 2.45) is 0 Å². The Morgan fingerprint density at radius 2 is 1.96 bits per heavy atom. The SMILES string of the molecule is O=C(/C=C/c1ccc([N+](=O)[O-])cc1)NCC1(c2ccsc2)CCCC1. The smallest absolute Gasteiger partial charge is 0.269 e. The van der Waals surface area contributed by atoms with E-state index < -0.39 is 4.92 Å². The van der Waals surface area contributed by atoms with Gasteiger partial charge in [-0.05, 0) is 59.0 Å². The lowest BCUT2D eigenvalue weighted by Gasteiger charge is -2.28. The zero-order chi connectivity index (χ0) is 17.7. The average molecular weight is 356 g/mol. The minimum absolute atomic E-state index is 0.0422. The molecule has 1 fully saturated rings. The molecular formula is C19H20N2O3S. The number of nitrogens with zero attached hydrogens (tertiary/aromatic N) is 1. The molecule has 1 aliphatic carbocycles. The van der Waals surface area contributed by atoms with Crippen molar-refractivity contribution in [2.45, 2.75) is 31.1 Å². The van der Waals surface area contributed by atoms with Crippen molar-refractivity contribution in [2.75, 3.05) is 6.54 Å². The normalized spacial score (nSPS) is 16.2. The molecular weight excluding hydrogens is 336 g/mol. The Balaban J connectivity index is 1.59. The van der Waals surface area contributed by atoms with Crippen molar-refractivity contribution in [3.8, 4) is 0 Å². The monoisotopic (exact) mass is 356 g/mol. The van der Waals surface area contributed by atoms with E-state index in [1.54, 1.807) is 29.5 Å². The molecule has 1 aromatic carbocycles. The second-order valence-corrected chi connectivity index (χ2v) is 7.18. The lowest BCUT2D eigenvalue weighted by molar-refractivity contribution is -0.384. The molecule has 0 unspecified atom stereocenters. The van der Waals surface area contributed by atoms with E-state index in [2.05, 4.69) is 22.1 Å². The first kappa shape index (κ1) is 17.4. The number of rotatable bonds is 6. The van der Waals surface area contributed by atoms with Gasteiger partial charge in [0.25, 0.3) is 5.69 Å². The van der Waals surface area contributed by atoms with Crippen LogP contribution in [0.5, 0.6) is 0 Å². The third kappa shape index (κ3) is 4.14. The van der Waals surface area contributed by atoms with Gasteiger partial charge < -0.3 is 5.32 Å². The Kier molecular flexibility index (Phi) is 5.28. The van der Waals surface area contributed by atoms with Gasteiger partial charge in [-0.15, -0.1) is 0 Å². The van der Waals surface area contributed by atoms with E-state index in [0.717, 1.165) is 18.4 Å². The van der Waals surface area contributed by atoms with Gasteiger partial charge in [0.1, 0.15) is 0 Å². The number of nitro groups is 1. The molecule has 1 aromatic heterocycles. The summed E-state index contributed by atoms with van der Waals surface area (Å²) in [5.41, 5.74) is 2.20. The van der Waals surface area contributed by atoms with Crippen molar-refractivity contribution in [1.82, 2.24) is 5.32 Å². The minimum atomic E-state index is -0.439. The molecule has 0 bridgehead atoms. The number of nitrogens with one attached hydrogen (secondary N) is 1. The topological polar surface area (TPSA) is 72.2 Å². The lowest BCUT2D eigenvalue weighted by atomic mass is 9.80. The second kappa shape index (κ2) is 7.61. The summed E-state index contributed by atoms with van der Waals surface area (Å²) in [6.07, 6.45) is 7.77. The van der Waals surface area contributed by atoms with Gasteiger partial charge in [0.15, 0.2) is 0 Å². The van der Waals surface area contributed by atoms with Gasteiger partial charge in [-0.2, -0.15) is 11.3 Å². The van der Waals surface area contributed by atoms with Crippen LogP contribution in [0, 0.1) is 10.1 Å². The van der Waals surface area contributed by atoms with Gasteiger partial charge >= 0.3 is 0 Å². The number of hydrogen-bond donors (Lipinski definition) is 1. The highest BCUT2D eigenvalue weighted by molar-refractivity contribution is 7.08. The third-order valence-corrected chi connectivity index (χ3v) is 5.51. The van der Waals surface area contributed by atoms with E-state index in [-0.39, 0.29) is 17.0 Å². The van der Waals surface area contributed by atoms with Crippen molar-refractivity contribution in [3.63, 3.8) is 0 Å². The van der Waals surface area contributed by atoms with E-state index in [9.17, 15) is 14.9 Å². The van der Waals surface area contributed by atoms with Gasteiger partial charge in [0, 0.05) is 30.2 Å². The summed E-state index contributed by atoms with van der Waals surface area (Å²) in [4.78, 5) is 22.4. The number of amides is 1. The maximum Gasteiger partial charge on any atom is 0.269 e. The maximum absolute atomic E-state index is 12.2. The Morgan fingerprint density at radius 1 is 1.24 bits per heavy atom. The highest BCUT2D eigenvalue weighted by Crippen LogP contribution is 2.41. The van der Waals surface area contributed by atoms with Crippen LogP contribution in [-0.4, -0.2) is 17.4 Å². The summed E-state index contributed by atoms with van der Waals surface area (Å²) in [7, 11) is 0. The number of non-ortho nitro benzene ring substituents is 1. The first-order valence-corrected chi connectivity index (χ1v) is 9.26. The predicted octanol–water partition coefficient (Wildman–Crippen LogP) is 4.30. The number of nitro benzene ring substituents is 1. The summed E-state index contributed by atoms with van der Waals surface area (Å²) in [5.74, 6) is -0.139. The maximum atomic E-state index is 12.2. The minimum Gasteiger partial charge on any atom is -0.352 e. The largest absolute Gasteiger partial charge is 0.352 e. The number of benzene rings is 1. The van der Waals surface area contributed by atoms with Crippen LogP contribution in [-0.2, 0) is 10.2 Å². The van der Waals surface area contributed by atoms with Crippen LogP contribution in [0.4, 0.5) is 5.69 Å². The summed E-state index contributed by atoms with van der Waals surface area (Å²) in [6, 6.07) is 8.29. The van der Waals surface area contributed by atoms with Crippen LogP contribution in [0.2, 0.25) is 0 Å². The van der Waals surface area contributed by atoms with Gasteiger partial charge in [-0.25, -0.2) is 0 Å². The van der Waals surface area contributed by atoms with Crippen molar-refractivity contribution >= 4 is 29.0 Å². The first-order chi connectivity index (χ1) is 12.1. The molecule has 6 heteroatoms. The summed E-state index contributed by atoms with van der Waals surface area (Å²) < 4.78 is 0. The van der Waals surface area contributed by atoms with Crippen LogP contribution >= 0.6 is 11.3 Å². The quantitative estimate of drug-likeness (QED) is 0.476. The molecule has 1 saturated carbocycles. The Labute approximate surface area is 150 Å². The van der Waals surface area contributed by atoms with Gasteiger partial charge in [0.2, 0.25) is 5.91 Å². The summed E-state index contributed by atoms with van der Waals surface area (Å²) in [6.45, 7) is 0.646. The molecule has 0 spiro atoms. The molecule has 0 aliphatic heterocycles. The van der Waals surface area contributed by atoms with E-state index in [0.29, 0.717) is 6.54 Å². The fourth-order valence-electron chi connectivity index (χ4n) is 3.38. The highest BCUT2D eigenvalue weighted by Gasteiger charge is 2.35. The average Bonchev–Trinajstić information content (AvgIpc) is 3.30. The van der Waals surface area contributed by atoms with Crippen LogP contribution in [0.3, 0.4) is 0 Å². The zero-order valence-electron chi connectivity index (χ0n) is 13.8. The van der Waals surface area contributed by atoms with Crippen molar-refractivity contribution in [3.05, 3.63) is 68.4 Å². The van der Waals surface area contributed by atoms with Crippen LogP contribution in [0.1, 0.15) is 36.8 Å². The standard InChI is InChI=1S/C19H20N2O3S/c22-18(8-5-15-3-6-17(7-4-15)21(23)24)20-14-19(10-1-2-11-19)16-9-12-25-13-16/h3-9,12-13H,1-2,10-11,14H2,(H,20,22)/b8-5+. The third-order valence-electron chi connectivity index (χ3n) is 4.83. The highest BCUT2D eigenvalue weighted by atomic mass is 32.1. The Bertz CT molecular complexity index is 760. The Hall–Kier alpha value is -2.47. The molecule has 0 saturated heterocycles. The summed E-state index contributed by atoms with van der Waals surface area (Å²) in [5, 5.41) is 17.9. The van der Waals surface area contributed by atoms with Crippen LogP contribution in [0.15, 0.2) is 47.2 Å². The molecule has 2 aromatic rings. The molecule has 1 aliphatic rings. The van der Waals surface area contributed by atoms with Gasteiger partial charge in [-0.1, -0.05) is 12.8 Å².